The van der Waals surface area contributed by atoms with Crippen LogP contribution in [0.2, 0.25) is 5.02 Å². The van der Waals surface area contributed by atoms with Crippen molar-refractivity contribution in [2.45, 2.75) is 26.7 Å². The van der Waals surface area contributed by atoms with Crippen LogP contribution in [0.3, 0.4) is 0 Å². The smallest absolute Gasteiger partial charge is 0.256 e. The molecule has 5 heteroatoms. The van der Waals surface area contributed by atoms with E-state index >= 15 is 0 Å². The Labute approximate surface area is 123 Å². The third-order valence-corrected chi connectivity index (χ3v) is 3.31. The van der Waals surface area contributed by atoms with Gasteiger partial charge in [0.2, 0.25) is 5.95 Å². The first-order valence-electron chi connectivity index (χ1n) is 6.68. The van der Waals surface area contributed by atoms with Gasteiger partial charge < -0.3 is 5.32 Å². The number of halogens is 1. The van der Waals surface area contributed by atoms with E-state index in [1.165, 1.54) is 0 Å². The van der Waals surface area contributed by atoms with Gasteiger partial charge in [-0.3, -0.25) is 9.78 Å². The molecule has 0 amide bonds. The van der Waals surface area contributed by atoms with Crippen molar-refractivity contribution in [2.24, 2.45) is 0 Å². The monoisotopic (exact) mass is 291 g/mol. The molecule has 1 heterocycles. The van der Waals surface area contributed by atoms with E-state index in [4.69, 9.17) is 11.6 Å². The van der Waals surface area contributed by atoms with Gasteiger partial charge in [0.05, 0.1) is 5.69 Å². The lowest BCUT2D eigenvalue weighted by atomic mass is 10.1. The zero-order valence-corrected chi connectivity index (χ0v) is 12.4. The summed E-state index contributed by atoms with van der Waals surface area (Å²) in [5, 5.41) is 3.78. The number of hydrogen-bond donors (Lipinski definition) is 2. The van der Waals surface area contributed by atoms with Crippen molar-refractivity contribution in [1.82, 2.24) is 9.97 Å². The summed E-state index contributed by atoms with van der Waals surface area (Å²) in [5.41, 5.74) is 2.39. The van der Waals surface area contributed by atoms with E-state index in [0.29, 0.717) is 23.0 Å². The molecule has 0 saturated heterocycles. The third kappa shape index (κ3) is 3.61. The van der Waals surface area contributed by atoms with Gasteiger partial charge in [-0.1, -0.05) is 30.7 Å². The fourth-order valence-electron chi connectivity index (χ4n) is 1.95. The van der Waals surface area contributed by atoms with Crippen LogP contribution in [0.4, 0.5) is 5.95 Å². The summed E-state index contributed by atoms with van der Waals surface area (Å²) in [6.45, 7) is 4.71. The number of aromatic nitrogens is 2. The summed E-state index contributed by atoms with van der Waals surface area (Å²) in [4.78, 5) is 19.3. The summed E-state index contributed by atoms with van der Waals surface area (Å²) in [7, 11) is 0. The fraction of sp³-hybridized carbons (Fsp3) is 0.333. The second kappa shape index (κ2) is 6.57. The Morgan fingerprint density at radius 2 is 2.00 bits per heavy atom. The fourth-order valence-corrected chi connectivity index (χ4v) is 2.08. The van der Waals surface area contributed by atoms with Gasteiger partial charge in [0.25, 0.3) is 5.56 Å². The van der Waals surface area contributed by atoms with Gasteiger partial charge in [0, 0.05) is 23.6 Å². The maximum Gasteiger partial charge on any atom is 0.256 e. The molecule has 20 heavy (non-hydrogen) atoms. The van der Waals surface area contributed by atoms with Gasteiger partial charge in [0.1, 0.15) is 0 Å². The van der Waals surface area contributed by atoms with Gasteiger partial charge in [-0.05, 0) is 31.0 Å². The minimum atomic E-state index is -0.0916. The predicted octanol–water partition coefficient (Wildman–Crippen LogP) is 3.14. The van der Waals surface area contributed by atoms with Crippen molar-refractivity contribution < 1.29 is 0 Å². The van der Waals surface area contributed by atoms with Gasteiger partial charge in [0.15, 0.2) is 0 Å². The third-order valence-electron chi connectivity index (χ3n) is 3.06. The summed E-state index contributed by atoms with van der Waals surface area (Å²) < 4.78 is 0. The number of nitrogens with zero attached hydrogens (tertiary/aromatic N) is 1. The lowest BCUT2D eigenvalue weighted by Gasteiger charge is -2.08. The second-order valence-electron chi connectivity index (χ2n) is 4.71. The molecule has 106 valence electrons. The van der Waals surface area contributed by atoms with Crippen LogP contribution in [-0.4, -0.2) is 16.5 Å². The standard InChI is InChI=1S/C15H18ClN3O/c1-3-8-17-15-18-10(2)13(14(20)19-15)9-11-4-6-12(16)7-5-11/h4-7H,3,8-9H2,1-2H3,(H2,17,18,19,20). The molecule has 0 aliphatic heterocycles. The summed E-state index contributed by atoms with van der Waals surface area (Å²) in [6, 6.07) is 7.49. The zero-order chi connectivity index (χ0) is 14.5. The SMILES string of the molecule is CCCNc1nc(C)c(Cc2ccc(Cl)cc2)c(=O)[nH]1. The maximum atomic E-state index is 12.1. The molecule has 2 aromatic rings. The molecule has 0 atom stereocenters. The normalized spacial score (nSPS) is 10.6. The van der Waals surface area contributed by atoms with Crippen molar-refractivity contribution in [2.75, 3.05) is 11.9 Å². The lowest BCUT2D eigenvalue weighted by molar-refractivity contribution is 0.921. The van der Waals surface area contributed by atoms with E-state index in [-0.39, 0.29) is 5.56 Å². The molecular formula is C15H18ClN3O. The van der Waals surface area contributed by atoms with Gasteiger partial charge >= 0.3 is 0 Å². The molecule has 0 fully saturated rings. The summed E-state index contributed by atoms with van der Waals surface area (Å²) >= 11 is 5.86. The Morgan fingerprint density at radius 1 is 1.30 bits per heavy atom. The molecule has 2 N–H and O–H groups in total. The van der Waals surface area contributed by atoms with E-state index < -0.39 is 0 Å². The van der Waals surface area contributed by atoms with Gasteiger partial charge in [-0.25, -0.2) is 4.98 Å². The van der Waals surface area contributed by atoms with E-state index in [2.05, 4.69) is 22.2 Å². The first-order valence-corrected chi connectivity index (χ1v) is 7.06. The number of benzene rings is 1. The van der Waals surface area contributed by atoms with Crippen molar-refractivity contribution in [3.8, 4) is 0 Å². The first kappa shape index (κ1) is 14.6. The van der Waals surface area contributed by atoms with Crippen LogP contribution in [0, 0.1) is 6.92 Å². The molecule has 0 unspecified atom stereocenters. The zero-order valence-electron chi connectivity index (χ0n) is 11.7. The number of nitrogens with one attached hydrogen (secondary N) is 2. The Morgan fingerprint density at radius 3 is 2.60 bits per heavy atom. The summed E-state index contributed by atoms with van der Waals surface area (Å²) in [5.74, 6) is 0.536. The van der Waals surface area contributed by atoms with Crippen LogP contribution in [0.15, 0.2) is 29.1 Å². The largest absolute Gasteiger partial charge is 0.356 e. The average Bonchev–Trinajstić information content (AvgIpc) is 2.42. The van der Waals surface area contributed by atoms with Crippen LogP contribution in [0.1, 0.15) is 30.2 Å². The molecule has 0 saturated carbocycles. The molecule has 1 aromatic carbocycles. The van der Waals surface area contributed by atoms with Gasteiger partial charge in [-0.2, -0.15) is 0 Å². The number of H-pyrrole nitrogens is 1. The molecule has 0 aliphatic rings. The Hall–Kier alpha value is -1.81. The molecule has 0 radical (unpaired) electrons. The Kier molecular flexibility index (Phi) is 4.79. The first-order chi connectivity index (χ1) is 9.60. The lowest BCUT2D eigenvalue weighted by Crippen LogP contribution is -2.19. The van der Waals surface area contributed by atoms with Crippen LogP contribution >= 0.6 is 11.6 Å². The molecule has 4 nitrogen and oxygen atoms in total. The van der Waals surface area contributed by atoms with E-state index in [1.54, 1.807) is 0 Å². The highest BCUT2D eigenvalue weighted by molar-refractivity contribution is 6.30. The van der Waals surface area contributed by atoms with E-state index in [0.717, 1.165) is 24.2 Å². The molecule has 0 aliphatic carbocycles. The van der Waals surface area contributed by atoms with Crippen molar-refractivity contribution in [3.63, 3.8) is 0 Å². The van der Waals surface area contributed by atoms with Crippen LogP contribution in [0.5, 0.6) is 0 Å². The van der Waals surface area contributed by atoms with Crippen molar-refractivity contribution in [3.05, 3.63) is 56.5 Å². The van der Waals surface area contributed by atoms with Crippen LogP contribution in [-0.2, 0) is 6.42 Å². The highest BCUT2D eigenvalue weighted by Crippen LogP contribution is 2.13. The number of aromatic amines is 1. The van der Waals surface area contributed by atoms with Crippen LogP contribution < -0.4 is 10.9 Å². The second-order valence-corrected chi connectivity index (χ2v) is 5.14. The number of aryl methyl sites for hydroxylation is 1. The molecular weight excluding hydrogens is 274 g/mol. The maximum absolute atomic E-state index is 12.1. The number of anilines is 1. The quantitative estimate of drug-likeness (QED) is 0.890. The molecule has 0 bridgehead atoms. The van der Waals surface area contributed by atoms with Crippen LogP contribution in [0.25, 0.3) is 0 Å². The Bertz CT molecular complexity index is 635. The Balaban J connectivity index is 2.24. The summed E-state index contributed by atoms with van der Waals surface area (Å²) in [6.07, 6.45) is 1.54. The van der Waals surface area contributed by atoms with E-state index in [9.17, 15) is 4.79 Å². The highest BCUT2D eigenvalue weighted by atomic mass is 35.5. The predicted molar refractivity (Wildman–Crippen MR) is 82.6 cm³/mol. The molecule has 0 spiro atoms. The van der Waals surface area contributed by atoms with Crippen molar-refractivity contribution >= 4 is 17.5 Å². The van der Waals surface area contributed by atoms with Gasteiger partial charge in [-0.15, -0.1) is 0 Å². The molecule has 1 aromatic heterocycles. The average molecular weight is 292 g/mol. The van der Waals surface area contributed by atoms with Crippen molar-refractivity contribution in [1.29, 1.82) is 0 Å². The number of hydrogen-bond acceptors (Lipinski definition) is 3. The minimum absolute atomic E-state index is 0.0916. The minimum Gasteiger partial charge on any atom is -0.356 e. The van der Waals surface area contributed by atoms with E-state index in [1.807, 2.05) is 31.2 Å². The molecule has 2 rings (SSSR count). The highest BCUT2D eigenvalue weighted by Gasteiger charge is 2.08. The topological polar surface area (TPSA) is 57.8 Å². The number of rotatable bonds is 5.